The van der Waals surface area contributed by atoms with Crippen LogP contribution >= 0.6 is 0 Å². The largest absolute Gasteiger partial charge is 0.490 e. The van der Waals surface area contributed by atoms with Crippen LogP contribution in [0.5, 0.6) is 5.75 Å². The van der Waals surface area contributed by atoms with Crippen molar-refractivity contribution >= 4 is 5.97 Å². The minimum absolute atomic E-state index is 0.333. The second-order valence-electron chi connectivity index (χ2n) is 10.7. The molecule has 1 N–H and O–H groups in total. The van der Waals surface area contributed by atoms with Crippen LogP contribution in [0.25, 0.3) is 0 Å². The first-order chi connectivity index (χ1) is 15.1. The second-order valence-corrected chi connectivity index (χ2v) is 10.7. The molecule has 2 unspecified atom stereocenters. The van der Waals surface area contributed by atoms with Gasteiger partial charge in [-0.25, -0.2) is 0 Å². The molecule has 0 saturated heterocycles. The van der Waals surface area contributed by atoms with Gasteiger partial charge in [-0.1, -0.05) is 76.8 Å². The summed E-state index contributed by atoms with van der Waals surface area (Å²) in [5.41, 5.74) is 2.39. The summed E-state index contributed by atoms with van der Waals surface area (Å²) >= 11 is 0. The molecule has 1 heterocycles. The molecule has 172 valence electrons. The van der Waals surface area contributed by atoms with Crippen LogP contribution in [-0.2, 0) is 17.6 Å². The standard InChI is InChI=1S/C28H42O3/c1-20(28(29)30)18-21-16-17-25-14-7-15-26(31-27(25)19-21)24-12-5-10-23(11-6-13-24)22-8-3-2-4-9-22/h16-17,19-20,22-24,26H,2-15,18H2,1H3,(H,29,30). The molecule has 0 bridgehead atoms. The van der Waals surface area contributed by atoms with Gasteiger partial charge in [0.2, 0.25) is 0 Å². The van der Waals surface area contributed by atoms with Crippen molar-refractivity contribution in [1.82, 2.24) is 0 Å². The summed E-state index contributed by atoms with van der Waals surface area (Å²) in [6, 6.07) is 6.41. The zero-order valence-electron chi connectivity index (χ0n) is 19.5. The third-order valence-electron chi connectivity index (χ3n) is 8.45. The van der Waals surface area contributed by atoms with E-state index in [4.69, 9.17) is 4.74 Å². The molecule has 0 radical (unpaired) electrons. The number of ether oxygens (including phenoxy) is 1. The molecule has 4 rings (SSSR count). The Bertz CT molecular complexity index is 711. The van der Waals surface area contributed by atoms with Crippen molar-refractivity contribution in [2.75, 3.05) is 0 Å². The highest BCUT2D eigenvalue weighted by atomic mass is 16.5. The monoisotopic (exact) mass is 426 g/mol. The van der Waals surface area contributed by atoms with Gasteiger partial charge >= 0.3 is 5.97 Å². The van der Waals surface area contributed by atoms with Gasteiger partial charge in [-0.2, -0.15) is 0 Å². The molecule has 3 heteroatoms. The fourth-order valence-electron chi connectivity index (χ4n) is 6.55. The van der Waals surface area contributed by atoms with E-state index < -0.39 is 5.97 Å². The number of fused-ring (bicyclic) bond motifs is 1. The van der Waals surface area contributed by atoms with Crippen LogP contribution in [0.4, 0.5) is 0 Å². The van der Waals surface area contributed by atoms with Gasteiger partial charge in [0.25, 0.3) is 0 Å². The smallest absolute Gasteiger partial charge is 0.306 e. The van der Waals surface area contributed by atoms with Gasteiger partial charge in [0.05, 0.1) is 5.92 Å². The zero-order valence-corrected chi connectivity index (χ0v) is 19.5. The Morgan fingerprint density at radius 3 is 2.23 bits per heavy atom. The van der Waals surface area contributed by atoms with Crippen molar-refractivity contribution < 1.29 is 14.6 Å². The van der Waals surface area contributed by atoms with Crippen molar-refractivity contribution in [2.24, 2.45) is 23.7 Å². The zero-order chi connectivity index (χ0) is 21.6. The topological polar surface area (TPSA) is 46.5 Å². The number of rotatable bonds is 5. The lowest BCUT2D eigenvalue weighted by molar-refractivity contribution is -0.141. The number of carbonyl (C=O) groups is 1. The third-order valence-corrected chi connectivity index (χ3v) is 8.45. The fraction of sp³-hybridized carbons (Fsp3) is 0.750. The molecule has 3 aliphatic rings. The summed E-state index contributed by atoms with van der Waals surface area (Å²) in [5, 5.41) is 9.26. The van der Waals surface area contributed by atoms with Crippen molar-refractivity contribution in [3.05, 3.63) is 29.3 Å². The predicted octanol–water partition coefficient (Wildman–Crippen LogP) is 7.20. The van der Waals surface area contributed by atoms with Gasteiger partial charge in [0.15, 0.2) is 0 Å². The number of hydrogen-bond donors (Lipinski definition) is 1. The van der Waals surface area contributed by atoms with Gasteiger partial charge in [-0.05, 0) is 73.5 Å². The molecule has 31 heavy (non-hydrogen) atoms. The highest BCUT2D eigenvalue weighted by Crippen LogP contribution is 2.40. The Morgan fingerprint density at radius 1 is 0.903 bits per heavy atom. The lowest BCUT2D eigenvalue weighted by Gasteiger charge is -2.34. The summed E-state index contributed by atoms with van der Waals surface area (Å²) in [7, 11) is 0. The summed E-state index contributed by atoms with van der Waals surface area (Å²) in [6.45, 7) is 1.78. The second kappa shape index (κ2) is 10.9. The average molecular weight is 427 g/mol. The molecular weight excluding hydrogens is 384 g/mol. The molecule has 1 aromatic carbocycles. The number of carboxylic acid groups (broad SMARTS) is 1. The normalized spacial score (nSPS) is 29.0. The van der Waals surface area contributed by atoms with Crippen LogP contribution in [0, 0.1) is 23.7 Å². The summed E-state index contributed by atoms with van der Waals surface area (Å²) in [6.07, 6.45) is 19.9. The highest BCUT2D eigenvalue weighted by Gasteiger charge is 2.30. The van der Waals surface area contributed by atoms with E-state index in [0.29, 0.717) is 18.4 Å². The maximum Gasteiger partial charge on any atom is 0.306 e. The van der Waals surface area contributed by atoms with Crippen LogP contribution < -0.4 is 4.74 Å². The highest BCUT2D eigenvalue weighted by molar-refractivity contribution is 5.70. The van der Waals surface area contributed by atoms with Crippen molar-refractivity contribution in [3.63, 3.8) is 0 Å². The minimum Gasteiger partial charge on any atom is -0.490 e. The van der Waals surface area contributed by atoms with Crippen molar-refractivity contribution in [3.8, 4) is 5.75 Å². The number of aliphatic carboxylic acids is 1. The number of hydrogen-bond acceptors (Lipinski definition) is 2. The van der Waals surface area contributed by atoms with Crippen LogP contribution in [-0.4, -0.2) is 17.2 Å². The van der Waals surface area contributed by atoms with Gasteiger partial charge in [-0.3, -0.25) is 4.79 Å². The quantitative estimate of drug-likeness (QED) is 0.541. The Morgan fingerprint density at radius 2 is 1.55 bits per heavy atom. The lowest BCUT2D eigenvalue weighted by Crippen LogP contribution is -2.29. The molecule has 1 aromatic rings. The predicted molar refractivity (Wildman–Crippen MR) is 126 cm³/mol. The fourth-order valence-corrected chi connectivity index (χ4v) is 6.55. The first kappa shape index (κ1) is 22.7. The number of carboxylic acids is 1. The number of benzene rings is 1. The average Bonchev–Trinajstić information content (AvgIpc) is 2.96. The van der Waals surface area contributed by atoms with E-state index >= 15 is 0 Å². The van der Waals surface area contributed by atoms with Gasteiger partial charge in [-0.15, -0.1) is 0 Å². The summed E-state index contributed by atoms with van der Waals surface area (Å²) in [5.74, 6) is 2.62. The third kappa shape index (κ3) is 6.05. The van der Waals surface area contributed by atoms with Crippen molar-refractivity contribution in [2.45, 2.75) is 109 Å². The SMILES string of the molecule is CC(Cc1ccc2c(c1)OC(C1CCCC(C3CCCCC3)CCC1)CCC2)C(=O)O. The molecule has 0 amide bonds. The Hall–Kier alpha value is -1.51. The Labute approximate surface area is 189 Å². The van der Waals surface area contributed by atoms with Crippen LogP contribution in [0.15, 0.2) is 18.2 Å². The molecule has 0 spiro atoms. The molecule has 1 aliphatic heterocycles. The van der Waals surface area contributed by atoms with E-state index in [1.165, 1.54) is 82.6 Å². The minimum atomic E-state index is -0.727. The van der Waals surface area contributed by atoms with Gasteiger partial charge in [0.1, 0.15) is 11.9 Å². The molecule has 2 atom stereocenters. The maximum absolute atomic E-state index is 11.3. The molecule has 3 nitrogen and oxygen atoms in total. The van der Waals surface area contributed by atoms with Gasteiger partial charge < -0.3 is 9.84 Å². The van der Waals surface area contributed by atoms with E-state index in [-0.39, 0.29) is 5.92 Å². The molecule has 2 fully saturated rings. The van der Waals surface area contributed by atoms with Crippen LogP contribution in [0.2, 0.25) is 0 Å². The maximum atomic E-state index is 11.3. The van der Waals surface area contributed by atoms with Crippen LogP contribution in [0.1, 0.15) is 102 Å². The molecular formula is C28H42O3. The lowest BCUT2D eigenvalue weighted by atomic mass is 9.73. The van der Waals surface area contributed by atoms with E-state index in [0.717, 1.165) is 36.0 Å². The molecule has 2 aliphatic carbocycles. The Balaban J connectivity index is 1.36. The number of aryl methyl sites for hydroxylation is 1. The first-order valence-electron chi connectivity index (χ1n) is 13.1. The Kier molecular flexibility index (Phi) is 7.96. The van der Waals surface area contributed by atoms with Crippen molar-refractivity contribution in [1.29, 1.82) is 0 Å². The first-order valence-corrected chi connectivity index (χ1v) is 13.1. The molecule has 0 aromatic heterocycles. The van der Waals surface area contributed by atoms with E-state index in [1.807, 2.05) is 0 Å². The summed E-state index contributed by atoms with van der Waals surface area (Å²) < 4.78 is 6.67. The van der Waals surface area contributed by atoms with Crippen LogP contribution in [0.3, 0.4) is 0 Å². The van der Waals surface area contributed by atoms with Gasteiger partial charge in [0, 0.05) is 0 Å². The summed E-state index contributed by atoms with van der Waals surface area (Å²) in [4.78, 5) is 11.3. The van der Waals surface area contributed by atoms with E-state index in [9.17, 15) is 9.90 Å². The van der Waals surface area contributed by atoms with E-state index in [1.54, 1.807) is 6.92 Å². The van der Waals surface area contributed by atoms with E-state index in [2.05, 4.69) is 18.2 Å². The molecule has 2 saturated carbocycles.